The molecule has 5 rings (SSSR count). The van der Waals surface area contributed by atoms with Crippen LogP contribution in [0.5, 0.6) is 0 Å². The SMILES string of the molecule is N#CC(C#N)=c1c(F)c(F)c(=C(C#N)C#N)c(F)c1F.c1csc(-c2ccc(-c3ccc(-c4cccs4)s3)s2)c1. The van der Waals surface area contributed by atoms with Gasteiger partial charge >= 0.3 is 0 Å². The van der Waals surface area contributed by atoms with Crippen molar-refractivity contribution in [2.75, 3.05) is 0 Å². The van der Waals surface area contributed by atoms with E-state index in [1.165, 1.54) is 29.3 Å². The molecule has 4 aromatic heterocycles. The van der Waals surface area contributed by atoms with E-state index in [0.29, 0.717) is 0 Å². The molecule has 40 heavy (non-hydrogen) atoms. The highest BCUT2D eigenvalue weighted by atomic mass is 32.1. The van der Waals surface area contributed by atoms with Crippen LogP contribution in [0.2, 0.25) is 0 Å². The molecule has 0 atom stereocenters. The van der Waals surface area contributed by atoms with Crippen molar-refractivity contribution >= 4 is 56.5 Å². The topological polar surface area (TPSA) is 95.2 Å². The molecular formula is C28H10F4N4S4. The highest BCUT2D eigenvalue weighted by Crippen LogP contribution is 2.41. The van der Waals surface area contributed by atoms with E-state index in [-0.39, 0.29) is 0 Å². The Morgan fingerprint density at radius 1 is 0.475 bits per heavy atom. The van der Waals surface area contributed by atoms with Crippen LogP contribution >= 0.6 is 45.3 Å². The Balaban J connectivity index is 0.000000185. The zero-order chi connectivity index (χ0) is 28.8. The summed E-state index contributed by atoms with van der Waals surface area (Å²) >= 11 is 7.36. The molecule has 0 bridgehead atoms. The van der Waals surface area contributed by atoms with Gasteiger partial charge in [-0.25, -0.2) is 17.6 Å². The van der Waals surface area contributed by atoms with Crippen molar-refractivity contribution in [3.05, 3.63) is 93.0 Å². The molecule has 0 radical (unpaired) electrons. The fourth-order valence-corrected chi connectivity index (χ4v) is 7.16. The van der Waals surface area contributed by atoms with Gasteiger partial charge in [0.1, 0.15) is 35.4 Å². The van der Waals surface area contributed by atoms with Gasteiger partial charge in [-0.2, -0.15) is 21.0 Å². The monoisotopic (exact) mass is 606 g/mol. The fraction of sp³-hybridized carbons (Fsp3) is 0. The fourth-order valence-electron chi connectivity index (χ4n) is 3.39. The summed E-state index contributed by atoms with van der Waals surface area (Å²) in [5.41, 5.74) is -2.36. The third-order valence-electron chi connectivity index (χ3n) is 5.19. The number of benzene rings is 1. The number of rotatable bonds is 3. The van der Waals surface area contributed by atoms with E-state index < -0.39 is 44.9 Å². The van der Waals surface area contributed by atoms with Crippen LogP contribution in [0, 0.1) is 68.6 Å². The first kappa shape index (κ1) is 28.4. The Hall–Kier alpha value is -4.56. The van der Waals surface area contributed by atoms with E-state index in [0.717, 1.165) is 24.3 Å². The van der Waals surface area contributed by atoms with Crippen molar-refractivity contribution in [2.24, 2.45) is 0 Å². The summed E-state index contributed by atoms with van der Waals surface area (Å²) in [6.45, 7) is 0. The molecule has 0 aliphatic heterocycles. The third kappa shape index (κ3) is 5.58. The van der Waals surface area contributed by atoms with Crippen molar-refractivity contribution in [3.8, 4) is 53.5 Å². The number of hydrogen-bond donors (Lipinski definition) is 0. The molecule has 0 saturated heterocycles. The smallest absolute Gasteiger partial charge is 0.171 e. The lowest BCUT2D eigenvalue weighted by Crippen LogP contribution is -2.31. The van der Waals surface area contributed by atoms with Gasteiger partial charge in [0.25, 0.3) is 0 Å². The quantitative estimate of drug-likeness (QED) is 0.156. The van der Waals surface area contributed by atoms with Crippen LogP contribution in [-0.4, -0.2) is 0 Å². The van der Waals surface area contributed by atoms with E-state index in [1.54, 1.807) is 22.7 Å². The van der Waals surface area contributed by atoms with Crippen LogP contribution in [0.15, 0.2) is 59.3 Å². The normalized spacial score (nSPS) is 9.90. The predicted octanol–water partition coefficient (Wildman–Crippen LogP) is 7.57. The predicted molar refractivity (Wildman–Crippen MR) is 149 cm³/mol. The second-order valence-electron chi connectivity index (χ2n) is 7.49. The molecule has 4 nitrogen and oxygen atoms in total. The second-order valence-corrected chi connectivity index (χ2v) is 11.5. The van der Waals surface area contributed by atoms with Gasteiger partial charge < -0.3 is 0 Å². The summed E-state index contributed by atoms with van der Waals surface area (Å²) in [5, 5.41) is 35.2. The summed E-state index contributed by atoms with van der Waals surface area (Å²) in [5.74, 6) is -8.11. The molecule has 0 spiro atoms. The molecule has 194 valence electrons. The Morgan fingerprint density at radius 2 is 0.775 bits per heavy atom. The van der Waals surface area contributed by atoms with Gasteiger partial charge in [0.05, 0.1) is 10.4 Å². The van der Waals surface area contributed by atoms with Crippen molar-refractivity contribution in [2.45, 2.75) is 0 Å². The average Bonchev–Trinajstić information content (AvgIpc) is 3.78. The Kier molecular flexibility index (Phi) is 8.91. The van der Waals surface area contributed by atoms with Crippen molar-refractivity contribution < 1.29 is 17.6 Å². The molecule has 0 fully saturated rings. The van der Waals surface area contributed by atoms with E-state index in [1.807, 2.05) is 22.7 Å². The molecule has 0 aliphatic rings. The zero-order valence-corrected chi connectivity index (χ0v) is 23.0. The Morgan fingerprint density at radius 3 is 1.02 bits per heavy atom. The lowest BCUT2D eigenvalue weighted by Gasteiger charge is -2.01. The maximum Gasteiger partial charge on any atom is 0.171 e. The Labute approximate surface area is 240 Å². The number of hydrogen-bond acceptors (Lipinski definition) is 8. The number of nitriles is 4. The van der Waals surface area contributed by atoms with Crippen LogP contribution in [0.1, 0.15) is 0 Å². The van der Waals surface area contributed by atoms with E-state index in [4.69, 9.17) is 21.0 Å². The molecule has 0 aliphatic carbocycles. The van der Waals surface area contributed by atoms with Crippen LogP contribution in [0.3, 0.4) is 0 Å². The highest BCUT2D eigenvalue weighted by molar-refractivity contribution is 7.28. The summed E-state index contributed by atoms with van der Waals surface area (Å²) in [6.07, 6.45) is 0. The average molecular weight is 607 g/mol. The molecule has 12 heteroatoms. The molecule has 0 amide bonds. The van der Waals surface area contributed by atoms with Crippen LogP contribution in [0.4, 0.5) is 17.6 Å². The van der Waals surface area contributed by atoms with Gasteiger partial charge in [-0.15, -0.1) is 45.3 Å². The van der Waals surface area contributed by atoms with Crippen LogP contribution in [-0.2, 0) is 0 Å². The lowest BCUT2D eigenvalue weighted by atomic mass is 10.1. The van der Waals surface area contributed by atoms with Gasteiger partial charge in [-0.3, -0.25) is 0 Å². The molecule has 0 saturated carbocycles. The minimum atomic E-state index is -2.03. The molecule has 5 aromatic rings. The molecule has 0 unspecified atom stereocenters. The first-order valence-electron chi connectivity index (χ1n) is 10.8. The summed E-state index contributed by atoms with van der Waals surface area (Å²) in [4.78, 5) is 8.16. The summed E-state index contributed by atoms with van der Waals surface area (Å²) in [6, 6.07) is 21.9. The van der Waals surface area contributed by atoms with Crippen molar-refractivity contribution in [1.82, 2.24) is 0 Å². The van der Waals surface area contributed by atoms with Crippen LogP contribution < -0.4 is 10.4 Å². The van der Waals surface area contributed by atoms with Gasteiger partial charge in [0.2, 0.25) is 0 Å². The van der Waals surface area contributed by atoms with Crippen molar-refractivity contribution in [1.29, 1.82) is 21.0 Å². The molecule has 1 aromatic carbocycles. The third-order valence-corrected chi connectivity index (χ3v) is 9.69. The number of halogens is 4. The van der Waals surface area contributed by atoms with E-state index >= 15 is 0 Å². The maximum atomic E-state index is 13.6. The number of nitrogens with zero attached hydrogens (tertiary/aromatic N) is 4. The molecule has 0 N–H and O–H groups in total. The molecule has 4 heterocycles. The largest absolute Gasteiger partial charge is 0.203 e. The standard InChI is InChI=1S/C16H10S4.C12F4N4/c1-3-11(17-9-1)13-5-7-15(19-13)16-8-6-14(20-16)12-4-2-10-18-12;13-9-7(5(1-17)2-18)10(14)12(16)8(11(9)15)6(3-19)4-20/h1-10H;. The lowest BCUT2D eigenvalue weighted by molar-refractivity contribution is 0.434. The van der Waals surface area contributed by atoms with Gasteiger partial charge in [-0.1, -0.05) is 12.1 Å². The van der Waals surface area contributed by atoms with Crippen molar-refractivity contribution in [3.63, 3.8) is 0 Å². The van der Waals surface area contributed by atoms with Crippen LogP contribution in [0.25, 0.3) is 40.4 Å². The van der Waals surface area contributed by atoms with Gasteiger partial charge in [-0.05, 0) is 47.2 Å². The first-order chi connectivity index (χ1) is 19.3. The zero-order valence-electron chi connectivity index (χ0n) is 19.7. The van der Waals surface area contributed by atoms with Gasteiger partial charge in [0, 0.05) is 29.3 Å². The maximum absolute atomic E-state index is 13.6. The van der Waals surface area contributed by atoms with E-state index in [2.05, 4.69) is 59.3 Å². The van der Waals surface area contributed by atoms with E-state index in [9.17, 15) is 17.6 Å². The summed E-state index contributed by atoms with van der Waals surface area (Å²) in [7, 11) is 0. The first-order valence-corrected chi connectivity index (χ1v) is 14.2. The Bertz CT molecular complexity index is 1780. The van der Waals surface area contributed by atoms with Gasteiger partial charge in [0.15, 0.2) is 23.3 Å². The number of thiophene rings is 4. The molecular weight excluding hydrogens is 597 g/mol. The minimum Gasteiger partial charge on any atom is -0.203 e. The highest BCUT2D eigenvalue weighted by Gasteiger charge is 2.22. The second kappa shape index (κ2) is 12.5. The summed E-state index contributed by atoms with van der Waals surface area (Å²) < 4.78 is 54.5. The minimum absolute atomic E-state index is 1.09.